The quantitative estimate of drug-likeness (QED) is 0.817. The van der Waals surface area contributed by atoms with Crippen LogP contribution in [0.5, 0.6) is 0 Å². The Labute approximate surface area is 150 Å². The number of piperidine rings is 1. The van der Waals surface area contributed by atoms with E-state index in [1.165, 1.54) is 0 Å². The summed E-state index contributed by atoms with van der Waals surface area (Å²) in [7, 11) is 2.06. The van der Waals surface area contributed by atoms with E-state index >= 15 is 0 Å². The molecule has 0 spiro atoms. The van der Waals surface area contributed by atoms with Gasteiger partial charge in [0.25, 0.3) is 0 Å². The zero-order valence-electron chi connectivity index (χ0n) is 14.8. The molecule has 3 atom stereocenters. The Hall–Kier alpha value is -1.97. The van der Waals surface area contributed by atoms with Gasteiger partial charge in [-0.05, 0) is 31.9 Å². The number of carbonyl (C=O) groups excluding carboxylic acids is 1. The summed E-state index contributed by atoms with van der Waals surface area (Å²) in [6, 6.07) is 20.0. The molecule has 132 valence electrons. The highest BCUT2D eigenvalue weighted by Gasteiger charge is 2.33. The first-order chi connectivity index (χ1) is 12.1. The Morgan fingerprint density at radius 3 is 2.40 bits per heavy atom. The predicted octanol–water partition coefficient (Wildman–Crippen LogP) is 3.72. The fraction of sp³-hybridized carbons (Fsp3) is 0.409. The van der Waals surface area contributed by atoms with E-state index in [1.54, 1.807) is 0 Å². The van der Waals surface area contributed by atoms with Crippen molar-refractivity contribution in [1.82, 2.24) is 4.90 Å². The van der Waals surface area contributed by atoms with Crippen LogP contribution in [-0.4, -0.2) is 41.0 Å². The summed E-state index contributed by atoms with van der Waals surface area (Å²) in [5.41, 5.74) is 1.94. The third-order valence-corrected chi connectivity index (χ3v) is 5.38. The highest BCUT2D eigenvalue weighted by molar-refractivity contribution is 5.96. The van der Waals surface area contributed by atoms with Crippen LogP contribution < -0.4 is 0 Å². The van der Waals surface area contributed by atoms with E-state index in [1.807, 2.05) is 48.5 Å². The Bertz CT molecular complexity index is 671. The minimum atomic E-state index is -0.401. The lowest BCUT2D eigenvalue weighted by Crippen LogP contribution is -2.50. The Kier molecular flexibility index (Phi) is 6.00. The van der Waals surface area contributed by atoms with Gasteiger partial charge >= 0.3 is 0 Å². The number of hydrogen-bond donors (Lipinski definition) is 1. The van der Waals surface area contributed by atoms with Gasteiger partial charge in [-0.1, -0.05) is 67.1 Å². The maximum Gasteiger partial charge on any atom is 0.164 e. The topological polar surface area (TPSA) is 40.5 Å². The minimum absolute atomic E-state index is 0.113. The highest BCUT2D eigenvalue weighted by atomic mass is 16.3. The number of rotatable bonds is 6. The summed E-state index contributed by atoms with van der Waals surface area (Å²) in [4.78, 5) is 14.8. The van der Waals surface area contributed by atoms with Gasteiger partial charge in [0.1, 0.15) is 0 Å². The molecule has 1 aliphatic heterocycles. The lowest BCUT2D eigenvalue weighted by Gasteiger charge is -2.41. The number of hydrogen-bond acceptors (Lipinski definition) is 3. The van der Waals surface area contributed by atoms with Crippen LogP contribution in [0.15, 0.2) is 60.7 Å². The van der Waals surface area contributed by atoms with Gasteiger partial charge in [-0.2, -0.15) is 0 Å². The van der Waals surface area contributed by atoms with Gasteiger partial charge < -0.3 is 5.11 Å². The molecule has 1 fully saturated rings. The third kappa shape index (κ3) is 4.56. The van der Waals surface area contributed by atoms with E-state index in [9.17, 15) is 9.90 Å². The van der Waals surface area contributed by atoms with Crippen molar-refractivity contribution in [3.05, 3.63) is 71.8 Å². The second-order valence-corrected chi connectivity index (χ2v) is 7.07. The van der Waals surface area contributed by atoms with Gasteiger partial charge in [0.2, 0.25) is 0 Å². The molecule has 2 aromatic carbocycles. The van der Waals surface area contributed by atoms with E-state index in [0.717, 1.165) is 30.4 Å². The number of Topliss-reactive ketones (excluding diaryl/α,β-unsaturated/α-hetero) is 1. The number of ketones is 1. The lowest BCUT2D eigenvalue weighted by atomic mass is 9.87. The maximum atomic E-state index is 12.5. The summed E-state index contributed by atoms with van der Waals surface area (Å²) in [5, 5.41) is 10.7. The number of aliphatic hydroxyl groups is 1. The summed E-state index contributed by atoms with van der Waals surface area (Å²) >= 11 is 0. The second kappa shape index (κ2) is 8.41. The SMILES string of the molecule is CN1C(CC(=O)c2ccccc2)CCCC1C(O)Cc1ccccc1. The molecule has 1 saturated heterocycles. The summed E-state index contributed by atoms with van der Waals surface area (Å²) in [5.74, 6) is 0.190. The smallest absolute Gasteiger partial charge is 0.164 e. The molecule has 0 amide bonds. The zero-order chi connectivity index (χ0) is 17.6. The molecule has 3 nitrogen and oxygen atoms in total. The molecule has 25 heavy (non-hydrogen) atoms. The first-order valence-corrected chi connectivity index (χ1v) is 9.17. The monoisotopic (exact) mass is 337 g/mol. The van der Waals surface area contributed by atoms with Crippen LogP contribution in [-0.2, 0) is 6.42 Å². The Morgan fingerprint density at radius 2 is 1.72 bits per heavy atom. The van der Waals surface area contributed by atoms with E-state index < -0.39 is 6.10 Å². The van der Waals surface area contributed by atoms with Crippen LogP contribution in [0.4, 0.5) is 0 Å². The molecule has 3 unspecified atom stereocenters. The van der Waals surface area contributed by atoms with E-state index in [2.05, 4.69) is 24.1 Å². The van der Waals surface area contributed by atoms with E-state index in [4.69, 9.17) is 0 Å². The van der Waals surface area contributed by atoms with Gasteiger partial charge in [0.15, 0.2) is 5.78 Å². The van der Waals surface area contributed by atoms with Crippen molar-refractivity contribution in [1.29, 1.82) is 0 Å². The number of benzene rings is 2. The number of aliphatic hydroxyl groups excluding tert-OH is 1. The molecule has 1 aliphatic rings. The largest absolute Gasteiger partial charge is 0.391 e. The molecule has 0 radical (unpaired) electrons. The average Bonchev–Trinajstić information content (AvgIpc) is 2.65. The lowest BCUT2D eigenvalue weighted by molar-refractivity contribution is 0.0104. The van der Waals surface area contributed by atoms with Gasteiger partial charge in [-0.3, -0.25) is 9.69 Å². The van der Waals surface area contributed by atoms with E-state index in [0.29, 0.717) is 12.8 Å². The molecule has 0 bridgehead atoms. The number of likely N-dealkylation sites (N-methyl/N-ethyl adjacent to an activating group) is 1. The van der Waals surface area contributed by atoms with Crippen LogP contribution in [0.1, 0.15) is 41.6 Å². The molecular weight excluding hydrogens is 310 g/mol. The van der Waals surface area contributed by atoms with Crippen LogP contribution >= 0.6 is 0 Å². The van der Waals surface area contributed by atoms with Crippen molar-refractivity contribution in [3.8, 4) is 0 Å². The fourth-order valence-electron chi connectivity index (χ4n) is 3.90. The molecule has 1 N–H and O–H groups in total. The summed E-state index contributed by atoms with van der Waals surface area (Å²) in [6.45, 7) is 0. The molecule has 0 aliphatic carbocycles. The van der Waals surface area contributed by atoms with Gasteiger partial charge in [0, 0.05) is 24.1 Å². The third-order valence-electron chi connectivity index (χ3n) is 5.38. The summed E-state index contributed by atoms with van der Waals surface area (Å²) in [6.07, 6.45) is 3.85. The summed E-state index contributed by atoms with van der Waals surface area (Å²) < 4.78 is 0. The average molecular weight is 337 g/mol. The van der Waals surface area contributed by atoms with Crippen LogP contribution in [0.25, 0.3) is 0 Å². The second-order valence-electron chi connectivity index (χ2n) is 7.07. The van der Waals surface area contributed by atoms with Gasteiger partial charge in [-0.15, -0.1) is 0 Å². The molecule has 3 heteroatoms. The van der Waals surface area contributed by atoms with E-state index in [-0.39, 0.29) is 17.9 Å². The van der Waals surface area contributed by atoms with Gasteiger partial charge in [-0.25, -0.2) is 0 Å². The Morgan fingerprint density at radius 1 is 1.08 bits per heavy atom. The Balaban J connectivity index is 1.62. The standard InChI is InChI=1S/C22H27NO2/c1-23-19(16-21(24)18-11-6-3-7-12-18)13-8-14-20(23)22(25)15-17-9-4-2-5-10-17/h2-7,9-12,19-20,22,25H,8,13-16H2,1H3. The van der Waals surface area contributed by atoms with Crippen molar-refractivity contribution in [2.24, 2.45) is 0 Å². The normalized spacial score (nSPS) is 22.5. The minimum Gasteiger partial charge on any atom is -0.391 e. The molecule has 1 heterocycles. The fourth-order valence-corrected chi connectivity index (χ4v) is 3.90. The predicted molar refractivity (Wildman–Crippen MR) is 101 cm³/mol. The number of likely N-dealkylation sites (tertiary alicyclic amines) is 1. The first kappa shape index (κ1) is 17.8. The van der Waals surface area contributed by atoms with Crippen LogP contribution in [0.2, 0.25) is 0 Å². The molecule has 3 rings (SSSR count). The van der Waals surface area contributed by atoms with Crippen molar-refractivity contribution in [2.45, 2.75) is 50.3 Å². The molecule has 0 aromatic heterocycles. The number of carbonyl (C=O) groups is 1. The molecule has 2 aromatic rings. The molecular formula is C22H27NO2. The first-order valence-electron chi connectivity index (χ1n) is 9.17. The van der Waals surface area contributed by atoms with Crippen molar-refractivity contribution in [3.63, 3.8) is 0 Å². The zero-order valence-corrected chi connectivity index (χ0v) is 14.8. The maximum absolute atomic E-state index is 12.5. The van der Waals surface area contributed by atoms with Crippen LogP contribution in [0, 0.1) is 0 Å². The number of nitrogens with zero attached hydrogens (tertiary/aromatic N) is 1. The van der Waals surface area contributed by atoms with Crippen molar-refractivity contribution in [2.75, 3.05) is 7.05 Å². The highest BCUT2D eigenvalue weighted by Crippen LogP contribution is 2.27. The van der Waals surface area contributed by atoms with Crippen LogP contribution in [0.3, 0.4) is 0 Å². The van der Waals surface area contributed by atoms with Gasteiger partial charge in [0.05, 0.1) is 6.10 Å². The van der Waals surface area contributed by atoms with Crippen molar-refractivity contribution < 1.29 is 9.90 Å². The molecule has 0 saturated carbocycles. The van der Waals surface area contributed by atoms with Crippen molar-refractivity contribution >= 4 is 5.78 Å².